The van der Waals surface area contributed by atoms with E-state index in [0.717, 1.165) is 30.0 Å². The standard InChI is InChI=1S/C15H20N4O2/c20-15(16-8-3-9-21-11-12-6-7-12)10-19-14-5-2-1-4-13(14)17-18-19/h1-2,4-5,12H,3,6-11H2,(H,16,20). The monoisotopic (exact) mass is 288 g/mol. The first-order valence-corrected chi connectivity index (χ1v) is 7.45. The van der Waals surface area contributed by atoms with Gasteiger partial charge in [0.25, 0.3) is 0 Å². The number of amides is 1. The summed E-state index contributed by atoms with van der Waals surface area (Å²) in [5.41, 5.74) is 1.68. The van der Waals surface area contributed by atoms with Gasteiger partial charge in [-0.2, -0.15) is 0 Å². The summed E-state index contributed by atoms with van der Waals surface area (Å²) in [6.07, 6.45) is 3.46. The maximum absolute atomic E-state index is 11.9. The van der Waals surface area contributed by atoms with Crippen LogP contribution in [0, 0.1) is 5.92 Å². The largest absolute Gasteiger partial charge is 0.381 e. The lowest BCUT2D eigenvalue weighted by Gasteiger charge is -2.06. The van der Waals surface area contributed by atoms with Crippen molar-refractivity contribution in [3.8, 4) is 0 Å². The molecule has 6 nitrogen and oxygen atoms in total. The highest BCUT2D eigenvalue weighted by Gasteiger charge is 2.20. The fraction of sp³-hybridized carbons (Fsp3) is 0.533. The molecule has 0 unspecified atom stereocenters. The summed E-state index contributed by atoms with van der Waals surface area (Å²) in [6, 6.07) is 7.61. The van der Waals surface area contributed by atoms with Crippen molar-refractivity contribution in [2.24, 2.45) is 5.92 Å². The Labute approximate surface area is 123 Å². The van der Waals surface area contributed by atoms with Crippen molar-refractivity contribution < 1.29 is 9.53 Å². The van der Waals surface area contributed by atoms with Crippen LogP contribution in [0.15, 0.2) is 24.3 Å². The molecule has 0 spiro atoms. The molecule has 2 aromatic rings. The predicted molar refractivity (Wildman–Crippen MR) is 78.7 cm³/mol. The molecule has 112 valence electrons. The first kappa shape index (κ1) is 14.0. The third kappa shape index (κ3) is 4.01. The van der Waals surface area contributed by atoms with Crippen LogP contribution in [0.1, 0.15) is 19.3 Å². The normalized spacial score (nSPS) is 14.5. The van der Waals surface area contributed by atoms with Crippen LogP contribution >= 0.6 is 0 Å². The minimum Gasteiger partial charge on any atom is -0.381 e. The Hall–Kier alpha value is -1.95. The lowest BCUT2D eigenvalue weighted by atomic mass is 10.3. The maximum Gasteiger partial charge on any atom is 0.241 e. The molecule has 1 heterocycles. The fourth-order valence-electron chi connectivity index (χ4n) is 2.16. The molecule has 0 radical (unpaired) electrons. The number of fused-ring (bicyclic) bond motifs is 1. The van der Waals surface area contributed by atoms with Gasteiger partial charge in [-0.05, 0) is 37.3 Å². The van der Waals surface area contributed by atoms with Crippen LogP contribution in [-0.2, 0) is 16.1 Å². The molecular weight excluding hydrogens is 268 g/mol. The number of rotatable bonds is 8. The molecule has 1 N–H and O–H groups in total. The Morgan fingerprint density at radius 2 is 2.24 bits per heavy atom. The Balaban J connectivity index is 1.37. The second-order valence-corrected chi connectivity index (χ2v) is 5.46. The first-order chi connectivity index (χ1) is 10.3. The second-order valence-electron chi connectivity index (χ2n) is 5.46. The third-order valence-corrected chi connectivity index (χ3v) is 3.55. The summed E-state index contributed by atoms with van der Waals surface area (Å²) in [4.78, 5) is 11.9. The number of hydrogen-bond donors (Lipinski definition) is 1. The van der Waals surface area contributed by atoms with Gasteiger partial charge in [0.1, 0.15) is 12.1 Å². The summed E-state index contributed by atoms with van der Waals surface area (Å²) in [5, 5.41) is 10.9. The van der Waals surface area contributed by atoms with Crippen molar-refractivity contribution >= 4 is 16.9 Å². The molecule has 0 aliphatic heterocycles. The van der Waals surface area contributed by atoms with E-state index in [9.17, 15) is 4.79 Å². The number of para-hydroxylation sites is 1. The average molecular weight is 288 g/mol. The average Bonchev–Trinajstić information content (AvgIpc) is 3.24. The van der Waals surface area contributed by atoms with Gasteiger partial charge in [-0.15, -0.1) is 5.10 Å². The lowest BCUT2D eigenvalue weighted by Crippen LogP contribution is -2.29. The van der Waals surface area contributed by atoms with Crippen LogP contribution in [0.5, 0.6) is 0 Å². The number of ether oxygens (including phenoxy) is 1. The molecule has 1 aromatic heterocycles. The number of hydrogen-bond acceptors (Lipinski definition) is 4. The van der Waals surface area contributed by atoms with Crippen molar-refractivity contribution in [1.29, 1.82) is 0 Å². The first-order valence-electron chi connectivity index (χ1n) is 7.45. The number of carbonyl (C=O) groups excluding carboxylic acids is 1. The van der Waals surface area contributed by atoms with Crippen molar-refractivity contribution in [2.75, 3.05) is 19.8 Å². The lowest BCUT2D eigenvalue weighted by molar-refractivity contribution is -0.121. The highest BCUT2D eigenvalue weighted by Crippen LogP contribution is 2.28. The Morgan fingerprint density at radius 3 is 3.10 bits per heavy atom. The Kier molecular flexibility index (Phi) is 4.45. The summed E-state index contributed by atoms with van der Waals surface area (Å²) >= 11 is 0. The number of nitrogens with one attached hydrogen (secondary N) is 1. The van der Waals surface area contributed by atoms with Gasteiger partial charge in [-0.3, -0.25) is 4.79 Å². The van der Waals surface area contributed by atoms with E-state index in [1.807, 2.05) is 24.3 Å². The molecule has 1 fully saturated rings. The highest BCUT2D eigenvalue weighted by molar-refractivity contribution is 5.79. The predicted octanol–water partition coefficient (Wildman–Crippen LogP) is 1.36. The van der Waals surface area contributed by atoms with Gasteiger partial charge >= 0.3 is 0 Å². The van der Waals surface area contributed by atoms with E-state index < -0.39 is 0 Å². The van der Waals surface area contributed by atoms with E-state index in [0.29, 0.717) is 13.2 Å². The summed E-state index contributed by atoms with van der Waals surface area (Å²) < 4.78 is 7.14. The molecule has 0 atom stereocenters. The smallest absolute Gasteiger partial charge is 0.241 e. The molecule has 1 saturated carbocycles. The highest BCUT2D eigenvalue weighted by atomic mass is 16.5. The molecule has 0 bridgehead atoms. The van der Waals surface area contributed by atoms with Gasteiger partial charge in [0.05, 0.1) is 5.52 Å². The quantitative estimate of drug-likeness (QED) is 0.745. The molecule has 0 saturated heterocycles. The van der Waals surface area contributed by atoms with Gasteiger partial charge in [0.2, 0.25) is 5.91 Å². The van der Waals surface area contributed by atoms with E-state index >= 15 is 0 Å². The summed E-state index contributed by atoms with van der Waals surface area (Å²) in [6.45, 7) is 2.42. The molecule has 1 aliphatic carbocycles. The topological polar surface area (TPSA) is 69.0 Å². The SMILES string of the molecule is O=C(Cn1nnc2ccccc21)NCCCOCC1CC1. The zero-order valence-electron chi connectivity index (χ0n) is 12.0. The van der Waals surface area contributed by atoms with Crippen molar-refractivity contribution in [3.05, 3.63) is 24.3 Å². The fourth-order valence-corrected chi connectivity index (χ4v) is 2.16. The number of aromatic nitrogens is 3. The van der Waals surface area contributed by atoms with Crippen LogP contribution in [-0.4, -0.2) is 40.7 Å². The van der Waals surface area contributed by atoms with Crippen molar-refractivity contribution in [2.45, 2.75) is 25.8 Å². The van der Waals surface area contributed by atoms with Gasteiger partial charge in [-0.1, -0.05) is 17.3 Å². The van der Waals surface area contributed by atoms with Gasteiger partial charge < -0.3 is 10.1 Å². The summed E-state index contributed by atoms with van der Waals surface area (Å²) in [5.74, 6) is 0.744. The Morgan fingerprint density at radius 1 is 1.38 bits per heavy atom. The van der Waals surface area contributed by atoms with E-state index in [-0.39, 0.29) is 12.5 Å². The van der Waals surface area contributed by atoms with Crippen LogP contribution < -0.4 is 5.32 Å². The van der Waals surface area contributed by atoms with Crippen LogP contribution in [0.2, 0.25) is 0 Å². The minimum atomic E-state index is -0.0483. The van der Waals surface area contributed by atoms with Crippen LogP contribution in [0.4, 0.5) is 0 Å². The molecule has 1 aliphatic rings. The number of benzene rings is 1. The molecular formula is C15H20N4O2. The third-order valence-electron chi connectivity index (χ3n) is 3.55. The van der Waals surface area contributed by atoms with Gasteiger partial charge in [-0.25, -0.2) is 4.68 Å². The maximum atomic E-state index is 11.9. The van der Waals surface area contributed by atoms with Crippen LogP contribution in [0.25, 0.3) is 11.0 Å². The number of carbonyl (C=O) groups is 1. The minimum absolute atomic E-state index is 0.0483. The molecule has 1 aromatic carbocycles. The van der Waals surface area contributed by atoms with E-state index in [1.165, 1.54) is 12.8 Å². The van der Waals surface area contributed by atoms with Crippen LogP contribution in [0.3, 0.4) is 0 Å². The molecule has 21 heavy (non-hydrogen) atoms. The van der Waals surface area contributed by atoms with Gasteiger partial charge in [0, 0.05) is 19.8 Å². The molecule has 1 amide bonds. The zero-order valence-corrected chi connectivity index (χ0v) is 12.0. The zero-order chi connectivity index (χ0) is 14.5. The van der Waals surface area contributed by atoms with E-state index in [2.05, 4.69) is 15.6 Å². The van der Waals surface area contributed by atoms with Crippen molar-refractivity contribution in [1.82, 2.24) is 20.3 Å². The second kappa shape index (κ2) is 6.67. The van der Waals surface area contributed by atoms with Crippen molar-refractivity contribution in [3.63, 3.8) is 0 Å². The van der Waals surface area contributed by atoms with Gasteiger partial charge in [0.15, 0.2) is 0 Å². The number of nitrogens with zero attached hydrogens (tertiary/aromatic N) is 3. The Bertz CT molecular complexity index is 606. The van der Waals surface area contributed by atoms with E-state index in [4.69, 9.17) is 4.74 Å². The van der Waals surface area contributed by atoms with E-state index in [1.54, 1.807) is 4.68 Å². The molecule has 3 rings (SSSR count). The summed E-state index contributed by atoms with van der Waals surface area (Å²) in [7, 11) is 0. The molecule has 6 heteroatoms.